The summed E-state index contributed by atoms with van der Waals surface area (Å²) in [6, 6.07) is 10.2. The minimum absolute atomic E-state index is 0.506. The summed E-state index contributed by atoms with van der Waals surface area (Å²) < 4.78 is 5.68. The second-order valence-electron chi connectivity index (χ2n) is 4.08. The Kier molecular flexibility index (Phi) is 4.23. The van der Waals surface area contributed by atoms with Gasteiger partial charge in [-0.2, -0.15) is 0 Å². The Hall–Kier alpha value is -1.52. The number of benzene rings is 1. The third kappa shape index (κ3) is 3.03. The zero-order valence-electron chi connectivity index (χ0n) is 10.6. The lowest BCUT2D eigenvalue weighted by Crippen LogP contribution is -1.97. The van der Waals surface area contributed by atoms with Crippen LogP contribution >= 0.6 is 12.2 Å². The van der Waals surface area contributed by atoms with Gasteiger partial charge in [-0.05, 0) is 18.1 Å². The van der Waals surface area contributed by atoms with E-state index in [0.717, 1.165) is 23.5 Å². The van der Waals surface area contributed by atoms with E-state index in [1.807, 2.05) is 6.07 Å². The van der Waals surface area contributed by atoms with Gasteiger partial charge in [-0.1, -0.05) is 43.4 Å². The number of H-pyrrole nitrogens is 1. The highest BCUT2D eigenvalue weighted by Crippen LogP contribution is 2.16. The second kappa shape index (κ2) is 5.89. The van der Waals surface area contributed by atoms with E-state index >= 15 is 0 Å². The summed E-state index contributed by atoms with van der Waals surface area (Å²) in [5, 5.41) is 0. The van der Waals surface area contributed by atoms with Crippen molar-refractivity contribution < 1.29 is 4.74 Å². The van der Waals surface area contributed by atoms with Crippen LogP contribution in [0.5, 0.6) is 0 Å². The van der Waals surface area contributed by atoms with Crippen LogP contribution in [0.25, 0.3) is 11.4 Å². The molecule has 1 aromatic heterocycles. The Morgan fingerprint density at radius 3 is 2.61 bits per heavy atom. The van der Waals surface area contributed by atoms with Gasteiger partial charge in [0.25, 0.3) is 0 Å². The molecule has 0 unspecified atom stereocenters. The molecule has 0 spiro atoms. The van der Waals surface area contributed by atoms with Crippen molar-refractivity contribution in [2.45, 2.75) is 20.0 Å². The molecule has 94 valence electrons. The molecule has 0 atom stereocenters. The molecule has 0 radical (unpaired) electrons. The van der Waals surface area contributed by atoms with Crippen LogP contribution in [0.1, 0.15) is 18.2 Å². The molecule has 0 aliphatic rings. The number of hydrogen-bond donors (Lipinski definition) is 1. The fourth-order valence-corrected chi connectivity index (χ4v) is 2.01. The van der Waals surface area contributed by atoms with E-state index in [1.165, 1.54) is 5.56 Å². The van der Waals surface area contributed by atoms with Gasteiger partial charge in [-0.3, -0.25) is 0 Å². The first-order chi connectivity index (χ1) is 8.72. The quantitative estimate of drug-likeness (QED) is 0.855. The zero-order valence-corrected chi connectivity index (χ0v) is 11.4. The average Bonchev–Trinajstić information content (AvgIpc) is 2.38. The average molecular weight is 260 g/mol. The van der Waals surface area contributed by atoms with Crippen LogP contribution < -0.4 is 0 Å². The first kappa shape index (κ1) is 12.9. The number of aryl methyl sites for hydroxylation is 1. The highest BCUT2D eigenvalue weighted by Gasteiger charge is 2.02. The van der Waals surface area contributed by atoms with Crippen LogP contribution in [0.2, 0.25) is 0 Å². The highest BCUT2D eigenvalue weighted by molar-refractivity contribution is 7.71. The molecule has 2 rings (SSSR count). The van der Waals surface area contributed by atoms with E-state index in [1.54, 1.807) is 7.11 Å². The molecule has 1 N–H and O–H groups in total. The monoisotopic (exact) mass is 260 g/mol. The van der Waals surface area contributed by atoms with Crippen molar-refractivity contribution in [3.05, 3.63) is 46.2 Å². The summed E-state index contributed by atoms with van der Waals surface area (Å²) in [7, 11) is 1.66. The van der Waals surface area contributed by atoms with E-state index in [2.05, 4.69) is 41.2 Å². The van der Waals surface area contributed by atoms with Crippen molar-refractivity contribution in [1.29, 1.82) is 0 Å². The fraction of sp³-hybridized carbons (Fsp3) is 0.286. The Morgan fingerprint density at radius 1 is 1.28 bits per heavy atom. The van der Waals surface area contributed by atoms with Gasteiger partial charge in [0, 0.05) is 18.4 Å². The Labute approximate surface area is 112 Å². The maximum absolute atomic E-state index is 5.16. The molecule has 0 saturated heterocycles. The second-order valence-corrected chi connectivity index (χ2v) is 4.49. The van der Waals surface area contributed by atoms with Gasteiger partial charge in [-0.15, -0.1) is 0 Å². The molecule has 0 saturated carbocycles. The van der Waals surface area contributed by atoms with Gasteiger partial charge in [0.2, 0.25) is 0 Å². The minimum atomic E-state index is 0.506. The number of hydrogen-bond acceptors (Lipinski definition) is 3. The minimum Gasteiger partial charge on any atom is -0.378 e. The first-order valence-corrected chi connectivity index (χ1v) is 6.32. The van der Waals surface area contributed by atoms with Crippen molar-refractivity contribution in [2.75, 3.05) is 7.11 Å². The summed E-state index contributed by atoms with van der Waals surface area (Å²) in [5.74, 6) is 0.789. The van der Waals surface area contributed by atoms with Crippen molar-refractivity contribution in [1.82, 2.24) is 9.97 Å². The molecule has 0 bridgehead atoms. The predicted molar refractivity (Wildman–Crippen MR) is 74.9 cm³/mol. The number of aromatic nitrogens is 2. The number of ether oxygens (including phenoxy) is 1. The zero-order chi connectivity index (χ0) is 13.0. The highest BCUT2D eigenvalue weighted by atomic mass is 32.1. The van der Waals surface area contributed by atoms with Gasteiger partial charge in [-0.25, -0.2) is 4.98 Å². The molecule has 0 amide bonds. The van der Waals surface area contributed by atoms with Crippen LogP contribution in [0, 0.1) is 4.64 Å². The molecule has 2 aromatic rings. The Balaban J connectivity index is 2.39. The Bertz CT molecular complexity index is 575. The summed E-state index contributed by atoms with van der Waals surface area (Å²) in [6.45, 7) is 2.64. The topological polar surface area (TPSA) is 37.9 Å². The molecular formula is C14H16N2OS. The standard InChI is InChI=1S/C14H16N2OS/c1-3-10-4-6-11(7-5-10)14-15-12(9-17-2)8-13(18)16-14/h4-8H,3,9H2,1-2H3,(H,15,16,18). The van der Waals surface area contributed by atoms with Crippen LogP contribution in [0.15, 0.2) is 30.3 Å². The van der Waals surface area contributed by atoms with Gasteiger partial charge in [0.05, 0.1) is 6.61 Å². The SMILES string of the molecule is CCc1ccc(-c2nc(=S)cc(COC)[nH]2)cc1. The maximum atomic E-state index is 5.16. The van der Waals surface area contributed by atoms with Gasteiger partial charge in [0.1, 0.15) is 10.5 Å². The molecule has 1 aromatic carbocycles. The van der Waals surface area contributed by atoms with E-state index in [9.17, 15) is 0 Å². The Morgan fingerprint density at radius 2 is 2.00 bits per heavy atom. The lowest BCUT2D eigenvalue weighted by Gasteiger charge is -2.06. The summed E-state index contributed by atoms with van der Waals surface area (Å²) in [4.78, 5) is 7.58. The normalized spacial score (nSPS) is 10.6. The van der Waals surface area contributed by atoms with E-state index in [-0.39, 0.29) is 0 Å². The third-order valence-corrected chi connectivity index (χ3v) is 2.94. The van der Waals surface area contributed by atoms with Gasteiger partial charge in [0.15, 0.2) is 0 Å². The molecule has 4 heteroatoms. The molecular weight excluding hydrogens is 244 g/mol. The van der Waals surface area contributed by atoms with Gasteiger partial charge >= 0.3 is 0 Å². The summed E-state index contributed by atoms with van der Waals surface area (Å²) >= 11 is 5.16. The molecule has 0 aliphatic carbocycles. The molecule has 3 nitrogen and oxygen atoms in total. The van der Waals surface area contributed by atoms with Crippen molar-refractivity contribution in [2.24, 2.45) is 0 Å². The molecule has 0 fully saturated rings. The number of nitrogens with one attached hydrogen (secondary N) is 1. The number of aromatic amines is 1. The molecule has 18 heavy (non-hydrogen) atoms. The van der Waals surface area contributed by atoms with E-state index < -0.39 is 0 Å². The largest absolute Gasteiger partial charge is 0.378 e. The predicted octanol–water partition coefficient (Wildman–Crippen LogP) is 3.51. The summed E-state index contributed by atoms with van der Waals surface area (Å²) in [5.41, 5.74) is 3.29. The van der Waals surface area contributed by atoms with Crippen molar-refractivity contribution >= 4 is 12.2 Å². The number of nitrogens with zero attached hydrogens (tertiary/aromatic N) is 1. The lowest BCUT2D eigenvalue weighted by atomic mass is 10.1. The first-order valence-electron chi connectivity index (χ1n) is 5.91. The summed E-state index contributed by atoms with van der Waals surface area (Å²) in [6.07, 6.45) is 1.04. The van der Waals surface area contributed by atoms with Crippen LogP contribution in [-0.2, 0) is 17.8 Å². The van der Waals surface area contributed by atoms with Crippen molar-refractivity contribution in [3.8, 4) is 11.4 Å². The lowest BCUT2D eigenvalue weighted by molar-refractivity contribution is 0.181. The van der Waals surface area contributed by atoms with E-state index in [0.29, 0.717) is 11.2 Å². The number of rotatable bonds is 4. The smallest absolute Gasteiger partial charge is 0.139 e. The molecule has 1 heterocycles. The van der Waals surface area contributed by atoms with Crippen LogP contribution in [0.3, 0.4) is 0 Å². The third-order valence-electron chi connectivity index (χ3n) is 2.73. The van der Waals surface area contributed by atoms with Gasteiger partial charge < -0.3 is 9.72 Å². The number of methoxy groups -OCH3 is 1. The molecule has 0 aliphatic heterocycles. The van der Waals surface area contributed by atoms with Crippen molar-refractivity contribution in [3.63, 3.8) is 0 Å². The van der Waals surface area contributed by atoms with Crippen LogP contribution in [0.4, 0.5) is 0 Å². The van der Waals surface area contributed by atoms with E-state index in [4.69, 9.17) is 17.0 Å². The maximum Gasteiger partial charge on any atom is 0.139 e. The fourth-order valence-electron chi connectivity index (χ4n) is 1.78. The van der Waals surface area contributed by atoms with Crippen LogP contribution in [-0.4, -0.2) is 17.1 Å².